The molecular formula is C30H26BrN3O6. The Balaban J connectivity index is 1.56. The Morgan fingerprint density at radius 3 is 2.70 bits per heavy atom. The summed E-state index contributed by atoms with van der Waals surface area (Å²) in [6.07, 6.45) is 0.717. The minimum absolute atomic E-state index is 0.261. The van der Waals surface area contributed by atoms with E-state index in [-0.39, 0.29) is 18.0 Å². The largest absolute Gasteiger partial charge is 0.490 e. The van der Waals surface area contributed by atoms with Crippen LogP contribution in [0.4, 0.5) is 0 Å². The van der Waals surface area contributed by atoms with Gasteiger partial charge in [-0.1, -0.05) is 28.1 Å². The average molecular weight is 604 g/mol. The fourth-order valence-electron chi connectivity index (χ4n) is 4.11. The maximum Gasteiger partial charge on any atom is 0.347 e. The van der Waals surface area contributed by atoms with Gasteiger partial charge in [-0.3, -0.25) is 4.79 Å². The zero-order valence-electron chi connectivity index (χ0n) is 22.1. The number of benzene rings is 3. The number of fused-ring (bicyclic) bond motifs is 2. The van der Waals surface area contributed by atoms with Crippen molar-refractivity contribution >= 4 is 50.0 Å². The molecule has 204 valence electrons. The third kappa shape index (κ3) is 5.62. The highest BCUT2D eigenvalue weighted by molar-refractivity contribution is 9.10. The van der Waals surface area contributed by atoms with Crippen LogP contribution in [-0.4, -0.2) is 41.2 Å². The van der Waals surface area contributed by atoms with Crippen molar-refractivity contribution in [1.82, 2.24) is 9.66 Å². The Morgan fingerprint density at radius 1 is 1.07 bits per heavy atom. The molecule has 2 aromatic heterocycles. The summed E-state index contributed by atoms with van der Waals surface area (Å²) in [4.78, 5) is 30.3. The van der Waals surface area contributed by atoms with Crippen LogP contribution in [-0.2, 0) is 9.53 Å². The van der Waals surface area contributed by atoms with Crippen molar-refractivity contribution in [2.24, 2.45) is 5.10 Å². The molecule has 0 bridgehead atoms. The van der Waals surface area contributed by atoms with Crippen molar-refractivity contribution in [2.75, 3.05) is 13.2 Å². The minimum atomic E-state index is -0.812. The molecule has 0 aliphatic carbocycles. The van der Waals surface area contributed by atoms with E-state index >= 15 is 0 Å². The third-order valence-corrected chi connectivity index (χ3v) is 6.46. The van der Waals surface area contributed by atoms with Gasteiger partial charge in [-0.15, -0.1) is 0 Å². The van der Waals surface area contributed by atoms with Gasteiger partial charge in [0.2, 0.25) is 5.82 Å². The molecule has 0 N–H and O–H groups in total. The van der Waals surface area contributed by atoms with Gasteiger partial charge in [0.1, 0.15) is 5.58 Å². The molecule has 5 aromatic rings. The van der Waals surface area contributed by atoms with Crippen molar-refractivity contribution in [3.05, 3.63) is 87.1 Å². The molecule has 0 saturated carbocycles. The first-order valence-corrected chi connectivity index (χ1v) is 13.5. The zero-order valence-corrected chi connectivity index (χ0v) is 23.7. The van der Waals surface area contributed by atoms with Crippen molar-refractivity contribution < 1.29 is 23.4 Å². The number of hydrogen-bond acceptors (Lipinski definition) is 8. The molecule has 0 radical (unpaired) electrons. The molecule has 3 aromatic carbocycles. The first kappa shape index (κ1) is 27.1. The average Bonchev–Trinajstić information content (AvgIpc) is 3.37. The molecule has 40 heavy (non-hydrogen) atoms. The van der Waals surface area contributed by atoms with E-state index in [0.29, 0.717) is 45.9 Å². The van der Waals surface area contributed by atoms with Crippen LogP contribution >= 0.6 is 15.9 Å². The van der Waals surface area contributed by atoms with E-state index in [4.69, 9.17) is 23.6 Å². The van der Waals surface area contributed by atoms with Crippen LogP contribution < -0.4 is 15.0 Å². The van der Waals surface area contributed by atoms with Gasteiger partial charge < -0.3 is 18.6 Å². The third-order valence-electron chi connectivity index (χ3n) is 5.96. The second kappa shape index (κ2) is 11.7. The van der Waals surface area contributed by atoms with Crippen LogP contribution in [0.25, 0.3) is 33.5 Å². The number of hydrogen-bond donors (Lipinski definition) is 0. The Labute approximate surface area is 238 Å². The van der Waals surface area contributed by atoms with Gasteiger partial charge >= 0.3 is 5.97 Å². The van der Waals surface area contributed by atoms with Crippen LogP contribution in [0.5, 0.6) is 11.5 Å². The quantitative estimate of drug-likeness (QED) is 0.146. The first-order chi connectivity index (χ1) is 19.4. The maximum absolute atomic E-state index is 13.5. The van der Waals surface area contributed by atoms with Gasteiger partial charge in [0.25, 0.3) is 5.56 Å². The summed E-state index contributed by atoms with van der Waals surface area (Å²) in [5.74, 6) is 1.01. The molecule has 9 nitrogen and oxygen atoms in total. The van der Waals surface area contributed by atoms with Gasteiger partial charge in [0.05, 0.1) is 30.3 Å². The highest BCUT2D eigenvalue weighted by Gasteiger charge is 2.19. The lowest BCUT2D eigenvalue weighted by Gasteiger charge is -2.16. The predicted molar refractivity (Wildman–Crippen MR) is 156 cm³/mol. The molecular weight excluding hydrogens is 578 g/mol. The summed E-state index contributed by atoms with van der Waals surface area (Å²) in [5.41, 5.74) is 1.49. The normalized spacial score (nSPS) is 12.2. The smallest absolute Gasteiger partial charge is 0.347 e. The number of nitrogens with zero attached hydrogens (tertiary/aromatic N) is 3. The number of aromatic nitrogens is 2. The van der Waals surface area contributed by atoms with Gasteiger partial charge in [0, 0.05) is 9.86 Å². The van der Waals surface area contributed by atoms with E-state index in [2.05, 4.69) is 21.0 Å². The Hall–Kier alpha value is -4.44. The van der Waals surface area contributed by atoms with Crippen molar-refractivity contribution in [2.45, 2.75) is 26.9 Å². The lowest BCUT2D eigenvalue weighted by Crippen LogP contribution is -2.26. The number of ether oxygens (including phenoxy) is 3. The molecule has 0 aliphatic rings. The Morgan fingerprint density at radius 2 is 1.90 bits per heavy atom. The molecule has 5 rings (SSSR count). The van der Waals surface area contributed by atoms with E-state index in [9.17, 15) is 9.59 Å². The lowest BCUT2D eigenvalue weighted by atomic mass is 10.2. The summed E-state index contributed by atoms with van der Waals surface area (Å²) in [6.45, 7) is 5.83. The summed E-state index contributed by atoms with van der Waals surface area (Å²) >= 11 is 3.48. The SMILES string of the molecule is CCOC(=O)[C@H](C)Oc1ccc(C=Nn2c(-c3cc4cc(Br)ccc4o3)nc3ccccc3c2=O)cc1OCC. The first-order valence-electron chi connectivity index (χ1n) is 12.7. The topological polar surface area (TPSA) is 105 Å². The zero-order chi connectivity index (χ0) is 28.2. The van der Waals surface area contributed by atoms with E-state index in [1.54, 1.807) is 50.2 Å². The fourth-order valence-corrected chi connectivity index (χ4v) is 4.49. The number of carbonyl (C=O) groups excluding carboxylic acids is 1. The number of carbonyl (C=O) groups is 1. The molecule has 10 heteroatoms. The summed E-state index contributed by atoms with van der Waals surface area (Å²) in [6, 6.07) is 19.7. The summed E-state index contributed by atoms with van der Waals surface area (Å²) in [5, 5.41) is 5.79. The number of halogens is 1. The summed E-state index contributed by atoms with van der Waals surface area (Å²) in [7, 11) is 0. The number of para-hydroxylation sites is 1. The molecule has 2 heterocycles. The second-order valence-electron chi connectivity index (χ2n) is 8.76. The molecule has 0 unspecified atom stereocenters. The lowest BCUT2D eigenvalue weighted by molar-refractivity contribution is -0.150. The van der Waals surface area contributed by atoms with Crippen molar-refractivity contribution in [3.8, 4) is 23.1 Å². The number of rotatable bonds is 9. The van der Waals surface area contributed by atoms with E-state index in [0.717, 1.165) is 9.86 Å². The van der Waals surface area contributed by atoms with Crippen molar-refractivity contribution in [3.63, 3.8) is 0 Å². The van der Waals surface area contributed by atoms with Crippen LogP contribution in [0.3, 0.4) is 0 Å². The van der Waals surface area contributed by atoms with Crippen LogP contribution in [0, 0.1) is 0 Å². The molecule has 0 fully saturated rings. The van der Waals surface area contributed by atoms with Gasteiger partial charge in [0.15, 0.2) is 23.4 Å². The number of esters is 1. The monoisotopic (exact) mass is 603 g/mol. The fraction of sp³-hybridized carbons (Fsp3) is 0.200. The van der Waals surface area contributed by atoms with Crippen LogP contribution in [0.2, 0.25) is 0 Å². The predicted octanol–water partition coefficient (Wildman–Crippen LogP) is 6.18. The minimum Gasteiger partial charge on any atom is -0.490 e. The molecule has 1 atom stereocenters. The molecule has 0 aliphatic heterocycles. The van der Waals surface area contributed by atoms with E-state index < -0.39 is 12.1 Å². The van der Waals surface area contributed by atoms with Gasteiger partial charge in [-0.25, -0.2) is 9.78 Å². The second-order valence-corrected chi connectivity index (χ2v) is 9.67. The van der Waals surface area contributed by atoms with Crippen molar-refractivity contribution in [1.29, 1.82) is 0 Å². The van der Waals surface area contributed by atoms with Gasteiger partial charge in [-0.2, -0.15) is 9.78 Å². The standard InChI is InChI=1S/C30H26BrN3O6/c1-4-37-26-14-19(10-12-25(26)39-18(3)30(36)38-5-2)17-32-34-28(33-23-9-7-6-8-22(23)29(34)35)27-16-20-15-21(31)11-13-24(20)40-27/h6-18H,4-5H2,1-3H3/t18-/m0/s1. The van der Waals surface area contributed by atoms with Crippen LogP contribution in [0.1, 0.15) is 26.3 Å². The van der Waals surface area contributed by atoms with Gasteiger partial charge in [-0.05, 0) is 80.9 Å². The molecule has 0 saturated heterocycles. The highest BCUT2D eigenvalue weighted by atomic mass is 79.9. The summed E-state index contributed by atoms with van der Waals surface area (Å²) < 4.78 is 24.7. The van der Waals surface area contributed by atoms with Crippen LogP contribution in [0.15, 0.2) is 85.5 Å². The molecule has 0 spiro atoms. The Bertz CT molecular complexity index is 1790. The Kier molecular flexibility index (Phi) is 7.97. The highest BCUT2D eigenvalue weighted by Crippen LogP contribution is 2.31. The van der Waals surface area contributed by atoms with E-state index in [1.165, 1.54) is 10.9 Å². The van der Waals surface area contributed by atoms with E-state index in [1.807, 2.05) is 37.3 Å². The number of furan rings is 1. The maximum atomic E-state index is 13.5. The molecule has 0 amide bonds.